The zero-order valence-corrected chi connectivity index (χ0v) is 11.6. The Kier molecular flexibility index (Phi) is 3.36. The first-order valence-corrected chi connectivity index (χ1v) is 6.68. The third-order valence-electron chi connectivity index (χ3n) is 3.29. The van der Waals surface area contributed by atoms with Gasteiger partial charge in [-0.05, 0) is 17.7 Å². The maximum Gasteiger partial charge on any atom is 0.308 e. The van der Waals surface area contributed by atoms with E-state index in [0.717, 1.165) is 10.9 Å². The van der Waals surface area contributed by atoms with Gasteiger partial charge in [-0.3, -0.25) is 4.79 Å². The molecule has 0 radical (unpaired) electrons. The fourth-order valence-electron chi connectivity index (χ4n) is 2.45. The number of nitrogens with zero attached hydrogens (tertiary/aromatic N) is 1. The molecule has 21 heavy (non-hydrogen) atoms. The Hall–Kier alpha value is -2.75. The van der Waals surface area contributed by atoms with Crippen LogP contribution in [-0.4, -0.2) is 15.6 Å². The number of phenolic OH excluding ortho intramolecular Hbond substituents is 1. The third-order valence-corrected chi connectivity index (χ3v) is 3.29. The van der Waals surface area contributed by atoms with Crippen LogP contribution in [0.15, 0.2) is 54.7 Å². The van der Waals surface area contributed by atoms with Gasteiger partial charge in [0.05, 0.1) is 5.52 Å². The molecule has 4 nitrogen and oxygen atoms in total. The van der Waals surface area contributed by atoms with Gasteiger partial charge in [-0.25, -0.2) is 0 Å². The molecule has 3 aromatic rings. The Morgan fingerprint density at radius 3 is 2.62 bits per heavy atom. The first-order valence-electron chi connectivity index (χ1n) is 6.68. The van der Waals surface area contributed by atoms with Crippen LogP contribution in [0.25, 0.3) is 10.9 Å². The number of carbonyl (C=O) groups is 1. The zero-order chi connectivity index (χ0) is 14.8. The van der Waals surface area contributed by atoms with Gasteiger partial charge in [0.1, 0.15) is 5.75 Å². The fraction of sp³-hybridized carbons (Fsp3) is 0.118. The molecule has 1 aromatic heterocycles. The van der Waals surface area contributed by atoms with Crippen LogP contribution in [0.2, 0.25) is 0 Å². The molecule has 106 valence electrons. The summed E-state index contributed by atoms with van der Waals surface area (Å²) in [5.74, 6) is 0.253. The quantitative estimate of drug-likeness (QED) is 0.749. The van der Waals surface area contributed by atoms with Crippen molar-refractivity contribution in [2.75, 3.05) is 0 Å². The zero-order valence-electron chi connectivity index (χ0n) is 11.6. The van der Waals surface area contributed by atoms with Crippen molar-refractivity contribution in [3.8, 4) is 11.5 Å². The third kappa shape index (κ3) is 2.60. The van der Waals surface area contributed by atoms with E-state index >= 15 is 0 Å². The van der Waals surface area contributed by atoms with Crippen LogP contribution in [0, 0.1) is 0 Å². The van der Waals surface area contributed by atoms with Gasteiger partial charge in [-0.1, -0.05) is 36.4 Å². The lowest BCUT2D eigenvalue weighted by Gasteiger charge is -2.06. The van der Waals surface area contributed by atoms with Crippen LogP contribution in [0.4, 0.5) is 0 Å². The smallest absolute Gasteiger partial charge is 0.308 e. The number of hydrogen-bond donors (Lipinski definition) is 1. The number of hydrogen-bond acceptors (Lipinski definition) is 3. The molecule has 0 saturated heterocycles. The van der Waals surface area contributed by atoms with Gasteiger partial charge in [0.15, 0.2) is 5.75 Å². The van der Waals surface area contributed by atoms with E-state index in [4.69, 9.17) is 4.74 Å². The fourth-order valence-corrected chi connectivity index (χ4v) is 2.45. The second-order valence-electron chi connectivity index (χ2n) is 4.87. The molecule has 1 N–H and O–H groups in total. The molecule has 0 aliphatic heterocycles. The highest BCUT2D eigenvalue weighted by Gasteiger charge is 2.14. The Balaban J connectivity index is 2.11. The summed E-state index contributed by atoms with van der Waals surface area (Å²) in [6.45, 7) is 1.96. The van der Waals surface area contributed by atoms with Gasteiger partial charge in [0.2, 0.25) is 0 Å². The minimum atomic E-state index is -0.378. The van der Waals surface area contributed by atoms with E-state index in [-0.39, 0.29) is 11.7 Å². The maximum absolute atomic E-state index is 11.2. The van der Waals surface area contributed by atoms with Gasteiger partial charge in [0.25, 0.3) is 0 Å². The molecular formula is C17H15NO3. The van der Waals surface area contributed by atoms with Gasteiger partial charge in [-0.15, -0.1) is 0 Å². The first kappa shape index (κ1) is 13.2. The highest BCUT2D eigenvalue weighted by atomic mass is 16.5. The lowest BCUT2D eigenvalue weighted by atomic mass is 10.2. The molecule has 0 unspecified atom stereocenters. The van der Waals surface area contributed by atoms with Crippen LogP contribution in [0.3, 0.4) is 0 Å². The minimum absolute atomic E-state index is 0.168. The normalized spacial score (nSPS) is 10.7. The van der Waals surface area contributed by atoms with Crippen molar-refractivity contribution in [3.63, 3.8) is 0 Å². The lowest BCUT2D eigenvalue weighted by Crippen LogP contribution is -2.01. The van der Waals surface area contributed by atoms with Crippen molar-refractivity contribution < 1.29 is 14.6 Å². The van der Waals surface area contributed by atoms with Crippen molar-refractivity contribution in [1.82, 2.24) is 4.57 Å². The monoisotopic (exact) mass is 281 g/mol. The van der Waals surface area contributed by atoms with Crippen molar-refractivity contribution in [3.05, 3.63) is 60.3 Å². The summed E-state index contributed by atoms with van der Waals surface area (Å²) in [5, 5.41) is 10.8. The summed E-state index contributed by atoms with van der Waals surface area (Å²) >= 11 is 0. The van der Waals surface area contributed by atoms with Gasteiger partial charge < -0.3 is 14.4 Å². The van der Waals surface area contributed by atoms with E-state index in [2.05, 4.69) is 0 Å². The predicted octanol–water partition coefficient (Wildman–Crippen LogP) is 3.32. The molecule has 2 aromatic carbocycles. The number of phenols is 1. The second-order valence-corrected chi connectivity index (χ2v) is 4.87. The molecular weight excluding hydrogens is 266 g/mol. The minimum Gasteiger partial charge on any atom is -0.506 e. The molecule has 0 aliphatic rings. The van der Waals surface area contributed by atoms with Crippen molar-refractivity contribution in [1.29, 1.82) is 0 Å². The Morgan fingerprint density at radius 1 is 1.14 bits per heavy atom. The number of carbonyl (C=O) groups excluding carboxylic acids is 1. The molecule has 0 saturated carbocycles. The molecule has 0 spiro atoms. The van der Waals surface area contributed by atoms with Gasteiger partial charge in [0, 0.05) is 25.1 Å². The van der Waals surface area contributed by atoms with Gasteiger partial charge in [-0.2, -0.15) is 0 Å². The van der Waals surface area contributed by atoms with E-state index in [1.165, 1.54) is 6.92 Å². The predicted molar refractivity (Wildman–Crippen MR) is 80.5 cm³/mol. The summed E-state index contributed by atoms with van der Waals surface area (Å²) < 4.78 is 7.12. The summed E-state index contributed by atoms with van der Waals surface area (Å²) in [7, 11) is 0. The van der Waals surface area contributed by atoms with Crippen molar-refractivity contribution in [2.24, 2.45) is 0 Å². The van der Waals surface area contributed by atoms with E-state index in [0.29, 0.717) is 17.8 Å². The van der Waals surface area contributed by atoms with Crippen LogP contribution in [0.1, 0.15) is 12.5 Å². The first-order chi connectivity index (χ1) is 10.1. The molecule has 0 amide bonds. The SMILES string of the molecule is CC(=O)Oc1cn(Cc2ccccc2)c2c(O)cccc12. The lowest BCUT2D eigenvalue weighted by molar-refractivity contribution is -0.131. The Bertz CT molecular complexity index is 790. The molecule has 0 atom stereocenters. The average molecular weight is 281 g/mol. The number of para-hydroxylation sites is 1. The number of aromatic nitrogens is 1. The number of benzene rings is 2. The van der Waals surface area contributed by atoms with Crippen molar-refractivity contribution in [2.45, 2.75) is 13.5 Å². The van der Waals surface area contributed by atoms with E-state index in [1.54, 1.807) is 18.3 Å². The molecule has 3 rings (SSSR count). The Morgan fingerprint density at radius 2 is 1.90 bits per heavy atom. The number of esters is 1. The van der Waals surface area contributed by atoms with E-state index < -0.39 is 0 Å². The molecule has 0 fully saturated rings. The largest absolute Gasteiger partial charge is 0.506 e. The second kappa shape index (κ2) is 5.32. The summed E-state index contributed by atoms with van der Waals surface area (Å²) in [5.41, 5.74) is 1.77. The van der Waals surface area contributed by atoms with Crippen LogP contribution in [0.5, 0.6) is 11.5 Å². The highest BCUT2D eigenvalue weighted by Crippen LogP contribution is 2.34. The van der Waals surface area contributed by atoms with Gasteiger partial charge >= 0.3 is 5.97 Å². The number of fused-ring (bicyclic) bond motifs is 1. The average Bonchev–Trinajstić information content (AvgIpc) is 2.79. The molecule has 4 heteroatoms. The topological polar surface area (TPSA) is 51.5 Å². The maximum atomic E-state index is 11.2. The molecule has 0 aliphatic carbocycles. The van der Waals surface area contributed by atoms with E-state index in [1.807, 2.05) is 41.0 Å². The standard InChI is InChI=1S/C17H15NO3/c1-12(19)21-16-11-18(10-13-6-3-2-4-7-13)17-14(16)8-5-9-15(17)20/h2-9,11,20H,10H2,1H3. The number of ether oxygens (including phenoxy) is 1. The highest BCUT2D eigenvalue weighted by molar-refractivity contribution is 5.93. The number of rotatable bonds is 3. The molecule has 0 bridgehead atoms. The molecule has 1 heterocycles. The van der Waals surface area contributed by atoms with Crippen LogP contribution >= 0.6 is 0 Å². The van der Waals surface area contributed by atoms with E-state index in [9.17, 15) is 9.90 Å². The summed E-state index contributed by atoms with van der Waals surface area (Å²) in [6.07, 6.45) is 1.75. The van der Waals surface area contributed by atoms with Crippen molar-refractivity contribution >= 4 is 16.9 Å². The summed E-state index contributed by atoms with van der Waals surface area (Å²) in [6, 6.07) is 15.1. The number of aromatic hydroxyl groups is 1. The Labute approximate surface area is 122 Å². The van der Waals surface area contributed by atoms with Crippen LogP contribution in [-0.2, 0) is 11.3 Å². The van der Waals surface area contributed by atoms with Crippen LogP contribution < -0.4 is 4.74 Å². The summed E-state index contributed by atoms with van der Waals surface area (Å²) in [4.78, 5) is 11.2.